The van der Waals surface area contributed by atoms with Crippen LogP contribution in [0.2, 0.25) is 0 Å². The number of likely N-dealkylation sites (N-methyl/N-ethyl adjacent to an activating group) is 1. The fourth-order valence-electron chi connectivity index (χ4n) is 4.75. The molecule has 0 bridgehead atoms. The van der Waals surface area contributed by atoms with Crippen molar-refractivity contribution in [1.82, 2.24) is 9.80 Å². The van der Waals surface area contributed by atoms with Gasteiger partial charge in [-0.2, -0.15) is 0 Å². The molecule has 0 spiro atoms. The third-order valence-corrected chi connectivity index (χ3v) is 8.79. The molecule has 0 fully saturated rings. The quantitative estimate of drug-likeness (QED) is 0.349. The van der Waals surface area contributed by atoms with Crippen molar-refractivity contribution in [3.05, 3.63) is 83.7 Å². The summed E-state index contributed by atoms with van der Waals surface area (Å²) in [5, 5.41) is 12.6. The number of hydrogen-bond acceptors (Lipinski definition) is 6. The highest BCUT2D eigenvalue weighted by atomic mass is 32.2. The number of sulfonamides is 1. The fraction of sp³-hybridized carbons (Fsp3) is 0.355. The number of nitrogens with one attached hydrogen (secondary N) is 2. The van der Waals surface area contributed by atoms with Crippen molar-refractivity contribution in [1.29, 1.82) is 0 Å². The molecule has 0 aromatic heterocycles. The van der Waals surface area contributed by atoms with E-state index in [0.29, 0.717) is 17.0 Å². The third kappa shape index (κ3) is 8.02. The van der Waals surface area contributed by atoms with Gasteiger partial charge in [0.2, 0.25) is 5.91 Å². The van der Waals surface area contributed by atoms with E-state index in [2.05, 4.69) is 10.0 Å². The number of hydrogen-bond donors (Lipinski definition) is 3. The van der Waals surface area contributed by atoms with Crippen molar-refractivity contribution in [3.63, 3.8) is 0 Å². The maximum atomic E-state index is 13.5. The molecule has 3 aromatic rings. The van der Waals surface area contributed by atoms with Gasteiger partial charge in [0.15, 0.2) is 0 Å². The molecule has 0 aliphatic carbocycles. The van der Waals surface area contributed by atoms with E-state index >= 15 is 0 Å². The highest BCUT2D eigenvalue weighted by Crippen LogP contribution is 2.30. The first-order valence-corrected chi connectivity index (χ1v) is 15.4. The van der Waals surface area contributed by atoms with E-state index in [1.807, 2.05) is 13.8 Å². The molecule has 10 nitrogen and oxygen atoms in total. The van der Waals surface area contributed by atoms with E-state index in [-0.39, 0.29) is 48.5 Å². The van der Waals surface area contributed by atoms with Crippen LogP contribution in [0, 0.1) is 18.7 Å². The van der Waals surface area contributed by atoms with Crippen LogP contribution in [-0.4, -0.2) is 74.2 Å². The van der Waals surface area contributed by atoms with Crippen LogP contribution in [0.4, 0.5) is 20.6 Å². The minimum Gasteiger partial charge on any atom is -0.488 e. The number of aliphatic hydroxyl groups excluding tert-OH is 1. The molecule has 3 N–H and O–H groups in total. The lowest BCUT2D eigenvalue weighted by Gasteiger charge is -2.34. The normalized spacial score (nSPS) is 17.9. The summed E-state index contributed by atoms with van der Waals surface area (Å²) in [7, 11) is -2.28. The molecule has 12 heteroatoms. The summed E-state index contributed by atoms with van der Waals surface area (Å²) in [5.41, 5.74) is 2.08. The van der Waals surface area contributed by atoms with Gasteiger partial charge in [-0.3, -0.25) is 9.52 Å². The van der Waals surface area contributed by atoms with Crippen LogP contribution in [0.25, 0.3) is 0 Å². The first kappa shape index (κ1) is 31.8. The average Bonchev–Trinajstić information content (AvgIpc) is 3.01. The second-order valence-electron chi connectivity index (χ2n) is 10.9. The van der Waals surface area contributed by atoms with Gasteiger partial charge in [0, 0.05) is 36.4 Å². The van der Waals surface area contributed by atoms with E-state index in [1.165, 1.54) is 41.3 Å². The summed E-state index contributed by atoms with van der Waals surface area (Å²) in [4.78, 5) is 29.5. The predicted molar refractivity (Wildman–Crippen MR) is 162 cm³/mol. The van der Waals surface area contributed by atoms with Crippen molar-refractivity contribution in [2.24, 2.45) is 5.92 Å². The number of benzene rings is 3. The van der Waals surface area contributed by atoms with Gasteiger partial charge in [-0.05, 0) is 68.4 Å². The van der Waals surface area contributed by atoms with Crippen LogP contribution in [0.5, 0.6) is 5.75 Å². The molecule has 0 saturated carbocycles. The molecule has 43 heavy (non-hydrogen) atoms. The lowest BCUT2D eigenvalue weighted by atomic mass is 10.0. The molecular weight excluding hydrogens is 575 g/mol. The number of anilines is 2. The maximum Gasteiger partial charge on any atom is 0.321 e. The van der Waals surface area contributed by atoms with E-state index in [9.17, 15) is 27.5 Å². The van der Waals surface area contributed by atoms with Crippen LogP contribution in [0.15, 0.2) is 71.6 Å². The number of carbonyl (C=O) groups excluding carboxylic acids is 2. The monoisotopic (exact) mass is 612 g/mol. The number of halogens is 1. The minimum absolute atomic E-state index is 0.0832. The van der Waals surface area contributed by atoms with E-state index < -0.39 is 34.0 Å². The Labute approximate surface area is 251 Å². The van der Waals surface area contributed by atoms with Crippen molar-refractivity contribution in [2.75, 3.05) is 36.8 Å². The topological polar surface area (TPSA) is 128 Å². The minimum atomic E-state index is -3.89. The van der Waals surface area contributed by atoms with Gasteiger partial charge in [0.05, 0.1) is 30.5 Å². The number of nitrogens with zero attached hydrogens (tertiary/aromatic N) is 2. The molecule has 0 radical (unpaired) electrons. The fourth-order valence-corrected chi connectivity index (χ4v) is 5.80. The second kappa shape index (κ2) is 13.4. The zero-order valence-corrected chi connectivity index (χ0v) is 25.4. The number of carbonyl (C=O) groups is 2. The molecule has 230 valence electrons. The van der Waals surface area contributed by atoms with Crippen LogP contribution in [-0.2, 0) is 21.2 Å². The highest BCUT2D eigenvalue weighted by molar-refractivity contribution is 7.92. The Morgan fingerprint density at radius 3 is 2.42 bits per heavy atom. The predicted octanol–water partition coefficient (Wildman–Crippen LogP) is 4.25. The Bertz CT molecular complexity index is 1550. The Hall–Kier alpha value is -4.16. The molecule has 1 aliphatic heterocycles. The molecular formula is C31H37FN4O6S. The molecule has 4 rings (SSSR count). The number of ether oxygens (including phenoxy) is 1. The van der Waals surface area contributed by atoms with E-state index in [1.54, 1.807) is 49.2 Å². The number of rotatable bonds is 8. The highest BCUT2D eigenvalue weighted by Gasteiger charge is 2.32. The Morgan fingerprint density at radius 1 is 1.12 bits per heavy atom. The Balaban J connectivity index is 1.61. The number of urea groups is 1. The summed E-state index contributed by atoms with van der Waals surface area (Å²) in [5.74, 6) is -0.543. The average molecular weight is 613 g/mol. The first-order valence-electron chi connectivity index (χ1n) is 13.9. The van der Waals surface area contributed by atoms with Gasteiger partial charge in [0.1, 0.15) is 17.7 Å². The summed E-state index contributed by atoms with van der Waals surface area (Å²) in [6.45, 7) is 5.67. The Kier molecular flexibility index (Phi) is 9.92. The van der Waals surface area contributed by atoms with Crippen molar-refractivity contribution in [2.45, 2.75) is 44.2 Å². The van der Waals surface area contributed by atoms with Crippen LogP contribution in [0.1, 0.15) is 25.0 Å². The van der Waals surface area contributed by atoms with Gasteiger partial charge >= 0.3 is 6.03 Å². The van der Waals surface area contributed by atoms with Gasteiger partial charge in [0.25, 0.3) is 10.0 Å². The zero-order valence-electron chi connectivity index (χ0n) is 24.6. The third-order valence-electron chi connectivity index (χ3n) is 7.40. The van der Waals surface area contributed by atoms with Crippen molar-refractivity contribution < 1.29 is 32.2 Å². The summed E-state index contributed by atoms with van der Waals surface area (Å²) in [6.07, 6.45) is -0.655. The molecule has 0 saturated heterocycles. The second-order valence-corrected chi connectivity index (χ2v) is 12.6. The smallest absolute Gasteiger partial charge is 0.321 e. The van der Waals surface area contributed by atoms with Crippen molar-refractivity contribution in [3.8, 4) is 5.75 Å². The summed E-state index contributed by atoms with van der Waals surface area (Å²) in [6, 6.07) is 15.7. The molecule has 1 heterocycles. The zero-order chi connectivity index (χ0) is 31.3. The largest absolute Gasteiger partial charge is 0.488 e. The van der Waals surface area contributed by atoms with Gasteiger partial charge < -0.3 is 25.0 Å². The van der Waals surface area contributed by atoms with Gasteiger partial charge in [-0.25, -0.2) is 17.6 Å². The van der Waals surface area contributed by atoms with Crippen molar-refractivity contribution >= 4 is 33.3 Å². The molecule has 3 aromatic carbocycles. The van der Waals surface area contributed by atoms with Gasteiger partial charge in [-0.15, -0.1) is 0 Å². The summed E-state index contributed by atoms with van der Waals surface area (Å²) >= 11 is 0. The summed E-state index contributed by atoms with van der Waals surface area (Å²) < 4.78 is 48.3. The SMILES string of the molecule is Cc1ccc(S(=O)(=O)Nc2ccc3c(c2)CC(=O)N([C@@H](C)CO)C[C@@H](C)[C@H](CN(C)C(=O)Nc2ccc(F)cc2)O3)cc1. The molecule has 3 atom stereocenters. The number of fused-ring (bicyclic) bond motifs is 1. The van der Waals surface area contributed by atoms with Gasteiger partial charge in [-0.1, -0.05) is 24.6 Å². The standard InChI is InChI=1S/C31H37FN4O6S/c1-20-5-12-27(13-6-20)43(40,41)34-26-11-14-28-23(15-26)16-30(38)36(22(3)19-37)17-21(2)29(42-28)18-35(4)31(39)33-25-9-7-24(32)8-10-25/h5-15,21-22,29,34,37H,16-19H2,1-4H3,(H,33,39)/t21-,22+,29+/m1/s1. The molecule has 0 unspecified atom stereocenters. The number of aryl methyl sites for hydroxylation is 1. The molecule has 1 aliphatic rings. The van der Waals surface area contributed by atoms with E-state index in [4.69, 9.17) is 4.74 Å². The number of aliphatic hydroxyl groups is 1. The van der Waals surface area contributed by atoms with Crippen LogP contribution in [0.3, 0.4) is 0 Å². The van der Waals surface area contributed by atoms with Crippen LogP contribution < -0.4 is 14.8 Å². The van der Waals surface area contributed by atoms with E-state index in [0.717, 1.165) is 5.56 Å². The first-order chi connectivity index (χ1) is 20.4. The lowest BCUT2D eigenvalue weighted by molar-refractivity contribution is -0.134. The Morgan fingerprint density at radius 2 is 1.77 bits per heavy atom. The number of amides is 3. The van der Waals surface area contributed by atoms with Crippen LogP contribution >= 0.6 is 0 Å². The molecule has 3 amide bonds. The lowest BCUT2D eigenvalue weighted by Crippen LogP contribution is -2.48. The maximum absolute atomic E-state index is 13.5.